The van der Waals surface area contributed by atoms with E-state index in [9.17, 15) is 13.2 Å². The molecule has 2 aromatic carbocycles. The largest absolute Gasteiger partial charge is 0.207 e. The molecular weight excluding hydrogens is 369 g/mol. The SMILES string of the molecule is CCCC1CCC(C(C)Cc2cc(F)c(C#Cc3ccc(F)cc3)c(F)c2)CC1. The second kappa shape index (κ2) is 10.0. The van der Waals surface area contributed by atoms with Crippen molar-refractivity contribution in [2.24, 2.45) is 17.8 Å². The molecule has 1 atom stereocenters. The monoisotopic (exact) mass is 398 g/mol. The van der Waals surface area contributed by atoms with E-state index in [1.165, 1.54) is 74.9 Å². The average Bonchev–Trinajstić information content (AvgIpc) is 2.69. The Morgan fingerprint density at radius 1 is 0.931 bits per heavy atom. The van der Waals surface area contributed by atoms with Crippen LogP contribution >= 0.6 is 0 Å². The van der Waals surface area contributed by atoms with Gasteiger partial charge in [-0.1, -0.05) is 51.4 Å². The first-order chi connectivity index (χ1) is 14.0. The van der Waals surface area contributed by atoms with E-state index in [-0.39, 0.29) is 11.4 Å². The fourth-order valence-electron chi connectivity index (χ4n) is 4.52. The highest BCUT2D eigenvalue weighted by atomic mass is 19.1. The second-order valence-corrected chi connectivity index (χ2v) is 8.44. The highest BCUT2D eigenvalue weighted by Gasteiger charge is 2.25. The molecule has 29 heavy (non-hydrogen) atoms. The van der Waals surface area contributed by atoms with Gasteiger partial charge in [0.1, 0.15) is 17.5 Å². The van der Waals surface area contributed by atoms with Crippen LogP contribution in [0.5, 0.6) is 0 Å². The first-order valence-corrected chi connectivity index (χ1v) is 10.7. The Kier molecular flexibility index (Phi) is 7.42. The van der Waals surface area contributed by atoms with Gasteiger partial charge in [0.05, 0.1) is 5.56 Å². The van der Waals surface area contributed by atoms with Crippen LogP contribution in [0.15, 0.2) is 36.4 Å². The van der Waals surface area contributed by atoms with E-state index in [4.69, 9.17) is 0 Å². The van der Waals surface area contributed by atoms with Crippen molar-refractivity contribution in [2.45, 2.75) is 58.8 Å². The van der Waals surface area contributed by atoms with Crippen molar-refractivity contribution in [3.05, 3.63) is 70.5 Å². The fourth-order valence-corrected chi connectivity index (χ4v) is 4.52. The number of benzene rings is 2. The predicted octanol–water partition coefficient (Wildman–Crippen LogP) is 7.29. The number of halogens is 3. The summed E-state index contributed by atoms with van der Waals surface area (Å²) in [5.41, 5.74) is 0.975. The molecule has 0 heterocycles. The van der Waals surface area contributed by atoms with Gasteiger partial charge in [-0.3, -0.25) is 0 Å². The number of hydrogen-bond acceptors (Lipinski definition) is 0. The van der Waals surface area contributed by atoms with Gasteiger partial charge >= 0.3 is 0 Å². The molecule has 0 radical (unpaired) electrons. The quantitative estimate of drug-likeness (QED) is 0.464. The summed E-state index contributed by atoms with van der Waals surface area (Å²) in [5, 5.41) is 0. The van der Waals surface area contributed by atoms with Crippen molar-refractivity contribution in [2.75, 3.05) is 0 Å². The van der Waals surface area contributed by atoms with Gasteiger partial charge in [0, 0.05) is 5.56 Å². The summed E-state index contributed by atoms with van der Waals surface area (Å²) in [5.74, 6) is 5.52. The minimum Gasteiger partial charge on any atom is -0.207 e. The Labute approximate surface area is 172 Å². The molecule has 3 heteroatoms. The lowest BCUT2D eigenvalue weighted by atomic mass is 9.73. The van der Waals surface area contributed by atoms with Crippen molar-refractivity contribution in [3.63, 3.8) is 0 Å². The first-order valence-electron chi connectivity index (χ1n) is 10.7. The Hall–Kier alpha value is -2.21. The molecule has 0 saturated heterocycles. The van der Waals surface area contributed by atoms with E-state index in [0.717, 1.165) is 5.92 Å². The molecule has 1 aliphatic rings. The average molecular weight is 399 g/mol. The standard InChI is InChI=1S/C26H29F3/c1-3-4-19-5-10-22(11-6-19)18(2)15-21-16-25(28)24(26(29)17-21)14-9-20-7-12-23(27)13-8-20/h7-8,12-13,16-19,22H,3-6,10-11,15H2,1-2H3. The normalized spacial score (nSPS) is 20.0. The number of hydrogen-bond donors (Lipinski definition) is 0. The van der Waals surface area contributed by atoms with E-state index >= 15 is 0 Å². The van der Waals surface area contributed by atoms with E-state index < -0.39 is 11.6 Å². The fraction of sp³-hybridized carbons (Fsp3) is 0.462. The molecular formula is C26H29F3. The van der Waals surface area contributed by atoms with Crippen LogP contribution in [0.3, 0.4) is 0 Å². The summed E-state index contributed by atoms with van der Waals surface area (Å²) in [6.07, 6.45) is 8.25. The molecule has 2 aromatic rings. The number of rotatable bonds is 5. The third kappa shape index (κ3) is 5.89. The Balaban J connectivity index is 1.65. The molecule has 154 valence electrons. The second-order valence-electron chi connectivity index (χ2n) is 8.44. The van der Waals surface area contributed by atoms with Crippen LogP contribution in [0.2, 0.25) is 0 Å². The molecule has 0 amide bonds. The summed E-state index contributed by atoms with van der Waals surface area (Å²) in [6, 6.07) is 8.36. The highest BCUT2D eigenvalue weighted by molar-refractivity contribution is 5.45. The van der Waals surface area contributed by atoms with Crippen molar-refractivity contribution in [3.8, 4) is 11.8 Å². The maximum Gasteiger partial charge on any atom is 0.142 e. The van der Waals surface area contributed by atoms with Crippen molar-refractivity contribution >= 4 is 0 Å². The molecule has 1 saturated carbocycles. The van der Waals surface area contributed by atoms with E-state index in [2.05, 4.69) is 25.7 Å². The molecule has 1 aliphatic carbocycles. The minimum atomic E-state index is -0.631. The molecule has 0 spiro atoms. The molecule has 0 N–H and O–H groups in total. The van der Waals surface area contributed by atoms with Crippen LogP contribution < -0.4 is 0 Å². The van der Waals surface area contributed by atoms with Gasteiger partial charge in [-0.15, -0.1) is 0 Å². The smallest absolute Gasteiger partial charge is 0.142 e. The van der Waals surface area contributed by atoms with Crippen LogP contribution in [0.25, 0.3) is 0 Å². The third-order valence-electron chi connectivity index (χ3n) is 6.23. The van der Waals surface area contributed by atoms with Gasteiger partial charge in [-0.25, -0.2) is 13.2 Å². The van der Waals surface area contributed by atoms with E-state index in [0.29, 0.717) is 29.4 Å². The maximum atomic E-state index is 14.5. The van der Waals surface area contributed by atoms with Gasteiger partial charge in [-0.2, -0.15) is 0 Å². The lowest BCUT2D eigenvalue weighted by molar-refractivity contribution is 0.206. The zero-order valence-corrected chi connectivity index (χ0v) is 17.3. The van der Waals surface area contributed by atoms with Gasteiger partial charge < -0.3 is 0 Å². The molecule has 0 aromatic heterocycles. The first kappa shape index (κ1) is 21.5. The minimum absolute atomic E-state index is 0.231. The Bertz CT molecular complexity index is 842. The Morgan fingerprint density at radius 2 is 1.55 bits per heavy atom. The van der Waals surface area contributed by atoms with Gasteiger partial charge in [0.2, 0.25) is 0 Å². The predicted molar refractivity (Wildman–Crippen MR) is 112 cm³/mol. The van der Waals surface area contributed by atoms with Crippen LogP contribution in [0.1, 0.15) is 69.1 Å². The van der Waals surface area contributed by atoms with Gasteiger partial charge in [0.15, 0.2) is 0 Å². The summed E-state index contributed by atoms with van der Waals surface area (Å²) in [7, 11) is 0. The summed E-state index contributed by atoms with van der Waals surface area (Å²) in [6.45, 7) is 4.44. The third-order valence-corrected chi connectivity index (χ3v) is 6.23. The summed E-state index contributed by atoms with van der Waals surface area (Å²) >= 11 is 0. The molecule has 0 nitrogen and oxygen atoms in total. The van der Waals surface area contributed by atoms with Gasteiger partial charge in [-0.05, 0) is 79.0 Å². The van der Waals surface area contributed by atoms with Crippen LogP contribution in [-0.4, -0.2) is 0 Å². The molecule has 0 bridgehead atoms. The molecule has 1 fully saturated rings. The van der Waals surface area contributed by atoms with E-state index in [1.54, 1.807) is 0 Å². The van der Waals surface area contributed by atoms with Crippen LogP contribution in [-0.2, 0) is 6.42 Å². The van der Waals surface area contributed by atoms with Crippen molar-refractivity contribution in [1.29, 1.82) is 0 Å². The zero-order chi connectivity index (χ0) is 20.8. The lowest BCUT2D eigenvalue weighted by Crippen LogP contribution is -2.21. The maximum absolute atomic E-state index is 14.5. The molecule has 1 unspecified atom stereocenters. The van der Waals surface area contributed by atoms with E-state index in [1.807, 2.05) is 0 Å². The highest BCUT2D eigenvalue weighted by Crippen LogP contribution is 2.36. The summed E-state index contributed by atoms with van der Waals surface area (Å²) in [4.78, 5) is 0. The van der Waals surface area contributed by atoms with Gasteiger partial charge in [0.25, 0.3) is 0 Å². The molecule has 3 rings (SSSR count). The summed E-state index contributed by atoms with van der Waals surface area (Å²) < 4.78 is 42.0. The Morgan fingerprint density at radius 3 is 2.14 bits per heavy atom. The zero-order valence-electron chi connectivity index (χ0n) is 17.3. The van der Waals surface area contributed by atoms with Crippen LogP contribution in [0, 0.1) is 47.0 Å². The molecule has 0 aliphatic heterocycles. The van der Waals surface area contributed by atoms with Crippen molar-refractivity contribution < 1.29 is 13.2 Å². The topological polar surface area (TPSA) is 0 Å². The lowest BCUT2D eigenvalue weighted by Gasteiger charge is -2.32. The van der Waals surface area contributed by atoms with Crippen molar-refractivity contribution in [1.82, 2.24) is 0 Å². The van der Waals surface area contributed by atoms with Crippen LogP contribution in [0.4, 0.5) is 13.2 Å².